The molecule has 11 heteroatoms. The second-order valence-electron chi connectivity index (χ2n) is 10.1. The number of rotatable bonds is 10. The molecule has 0 spiro atoms. The minimum Gasteiger partial charge on any atom is -0.355 e. The highest BCUT2D eigenvalue weighted by Gasteiger charge is 2.39. The molecular weight excluding hydrogens is 524 g/mol. The number of alkyl halides is 3. The van der Waals surface area contributed by atoms with E-state index in [1.54, 1.807) is 25.1 Å². The van der Waals surface area contributed by atoms with E-state index in [4.69, 9.17) is 23.2 Å². The number of anilines is 1. The molecule has 202 valence electrons. The Bertz CT molecular complexity index is 1220. The molecule has 1 fully saturated rings. The van der Waals surface area contributed by atoms with E-state index >= 15 is 0 Å². The molecule has 1 saturated heterocycles. The molecule has 1 aliphatic heterocycles. The van der Waals surface area contributed by atoms with Gasteiger partial charge in [0.15, 0.2) is 11.3 Å². The van der Waals surface area contributed by atoms with Crippen LogP contribution in [0.25, 0.3) is 11.2 Å². The van der Waals surface area contributed by atoms with Crippen molar-refractivity contribution < 1.29 is 13.2 Å². The molecule has 2 aromatic heterocycles. The van der Waals surface area contributed by atoms with E-state index in [-0.39, 0.29) is 11.2 Å². The first kappa shape index (κ1) is 27.9. The summed E-state index contributed by atoms with van der Waals surface area (Å²) in [4.78, 5) is 13.4. The van der Waals surface area contributed by atoms with Crippen LogP contribution in [0.4, 0.5) is 19.0 Å². The van der Waals surface area contributed by atoms with E-state index in [9.17, 15) is 13.2 Å². The summed E-state index contributed by atoms with van der Waals surface area (Å²) in [6.07, 6.45) is 0.206. The lowest BCUT2D eigenvalue weighted by molar-refractivity contribution is -0.140. The highest BCUT2D eigenvalue weighted by atomic mass is 35.5. The van der Waals surface area contributed by atoms with Gasteiger partial charge in [-0.05, 0) is 70.3 Å². The van der Waals surface area contributed by atoms with Crippen molar-refractivity contribution in [2.75, 3.05) is 31.1 Å². The van der Waals surface area contributed by atoms with Crippen molar-refractivity contribution in [2.24, 2.45) is 5.92 Å². The first-order valence-corrected chi connectivity index (χ1v) is 13.5. The smallest absolute Gasteiger partial charge is 0.355 e. The molecule has 0 N–H and O–H groups in total. The summed E-state index contributed by atoms with van der Waals surface area (Å²) in [6, 6.07) is 4.80. The van der Waals surface area contributed by atoms with Gasteiger partial charge in [-0.15, -0.1) is 0 Å². The second kappa shape index (κ2) is 11.3. The zero-order chi connectivity index (χ0) is 26.9. The Morgan fingerprint density at radius 1 is 1.14 bits per heavy atom. The summed E-state index contributed by atoms with van der Waals surface area (Å²) in [7, 11) is 0. The van der Waals surface area contributed by atoms with Crippen molar-refractivity contribution in [3.63, 3.8) is 0 Å². The Morgan fingerprint density at radius 2 is 1.86 bits per heavy atom. The summed E-state index contributed by atoms with van der Waals surface area (Å²) in [5, 5.41) is 4.69. The molecule has 4 rings (SSSR count). The number of nitrogens with zero attached hydrogens (tertiary/aromatic N) is 6. The van der Waals surface area contributed by atoms with Gasteiger partial charge in [0.05, 0.1) is 12.2 Å². The van der Waals surface area contributed by atoms with Gasteiger partial charge in [0.25, 0.3) is 0 Å². The van der Waals surface area contributed by atoms with Crippen molar-refractivity contribution in [1.82, 2.24) is 24.6 Å². The Labute approximate surface area is 225 Å². The van der Waals surface area contributed by atoms with Crippen molar-refractivity contribution in [3.05, 3.63) is 45.7 Å². The van der Waals surface area contributed by atoms with Crippen molar-refractivity contribution >= 4 is 40.2 Å². The zero-order valence-electron chi connectivity index (χ0n) is 21.6. The molecule has 3 heterocycles. The first-order chi connectivity index (χ1) is 17.5. The lowest BCUT2D eigenvalue weighted by Crippen LogP contribution is -2.48. The molecule has 0 saturated carbocycles. The van der Waals surface area contributed by atoms with Gasteiger partial charge in [0.1, 0.15) is 11.3 Å². The number of halogens is 5. The third kappa shape index (κ3) is 6.15. The van der Waals surface area contributed by atoms with Crippen LogP contribution in [0.15, 0.2) is 24.4 Å². The second-order valence-corrected chi connectivity index (χ2v) is 10.9. The fourth-order valence-electron chi connectivity index (χ4n) is 4.76. The normalized spacial score (nSPS) is 15.7. The van der Waals surface area contributed by atoms with Gasteiger partial charge in [0.2, 0.25) is 0 Å². The molecule has 0 aliphatic carbocycles. The van der Waals surface area contributed by atoms with Gasteiger partial charge >= 0.3 is 6.18 Å². The standard InChI is InChI=1S/C26H33Cl2F3N6/c1-5-6-10-35(16(2)3)11-9-18-14-36(15-18)22-13-32-23-24(26(29,30)31)34-37(25(23)33-22)17(4)20-8-7-19(27)12-21(20)28/h7-8,12-13,16-18H,5-6,9-11,14-15H2,1-4H3. The van der Waals surface area contributed by atoms with E-state index < -0.39 is 17.9 Å². The SMILES string of the molecule is CCCCN(CCC1CN(c2cnc3c(C(F)(F)F)nn(C(C)c4ccc(Cl)cc4Cl)c3n2)C1)C(C)C. The number of hydrogen-bond acceptors (Lipinski definition) is 5. The van der Waals surface area contributed by atoms with Crippen molar-refractivity contribution in [1.29, 1.82) is 0 Å². The largest absolute Gasteiger partial charge is 0.437 e. The van der Waals surface area contributed by atoms with Gasteiger partial charge < -0.3 is 9.80 Å². The summed E-state index contributed by atoms with van der Waals surface area (Å²) >= 11 is 12.4. The van der Waals surface area contributed by atoms with Crippen LogP contribution >= 0.6 is 23.2 Å². The van der Waals surface area contributed by atoms with Crippen LogP contribution in [0.1, 0.15) is 64.3 Å². The summed E-state index contributed by atoms with van der Waals surface area (Å²) in [5.41, 5.74) is -0.648. The topological polar surface area (TPSA) is 50.1 Å². The van der Waals surface area contributed by atoms with Crippen LogP contribution in [0, 0.1) is 5.92 Å². The third-order valence-corrected chi connectivity index (χ3v) is 7.64. The van der Waals surface area contributed by atoms with Gasteiger partial charge in [-0.25, -0.2) is 14.6 Å². The summed E-state index contributed by atoms with van der Waals surface area (Å²) < 4.78 is 42.7. The number of fused-ring (bicyclic) bond motifs is 1. The van der Waals surface area contributed by atoms with Crippen LogP contribution in [0.3, 0.4) is 0 Å². The van der Waals surface area contributed by atoms with Crippen LogP contribution in [-0.2, 0) is 6.18 Å². The Morgan fingerprint density at radius 3 is 2.49 bits per heavy atom. The molecule has 0 bridgehead atoms. The molecule has 0 radical (unpaired) electrons. The van der Waals surface area contributed by atoms with Gasteiger partial charge in [-0.3, -0.25) is 0 Å². The van der Waals surface area contributed by atoms with E-state index in [0.717, 1.165) is 32.6 Å². The van der Waals surface area contributed by atoms with Crippen LogP contribution in [-0.4, -0.2) is 56.9 Å². The lowest BCUT2D eigenvalue weighted by Gasteiger charge is -2.41. The van der Waals surface area contributed by atoms with Gasteiger partial charge in [-0.1, -0.05) is 42.6 Å². The number of unbranched alkanes of at least 4 members (excludes halogenated alkanes) is 1. The average Bonchev–Trinajstić information content (AvgIpc) is 3.19. The van der Waals surface area contributed by atoms with E-state index in [1.807, 2.05) is 0 Å². The maximum absolute atomic E-state index is 13.8. The molecule has 1 aliphatic rings. The fraction of sp³-hybridized carbons (Fsp3) is 0.577. The zero-order valence-corrected chi connectivity index (χ0v) is 23.1. The summed E-state index contributed by atoms with van der Waals surface area (Å²) in [5.74, 6) is 1.07. The van der Waals surface area contributed by atoms with Gasteiger partial charge in [-0.2, -0.15) is 18.3 Å². The van der Waals surface area contributed by atoms with Crippen molar-refractivity contribution in [3.8, 4) is 0 Å². The molecule has 1 atom stereocenters. The van der Waals surface area contributed by atoms with E-state index in [0.29, 0.717) is 33.4 Å². The Hall–Kier alpha value is -2.10. The molecule has 37 heavy (non-hydrogen) atoms. The minimum atomic E-state index is -4.66. The van der Waals surface area contributed by atoms with Gasteiger partial charge in [0, 0.05) is 29.2 Å². The molecule has 1 unspecified atom stereocenters. The average molecular weight is 557 g/mol. The van der Waals surface area contributed by atoms with E-state index in [2.05, 4.69) is 45.6 Å². The highest BCUT2D eigenvalue weighted by Crippen LogP contribution is 2.37. The molecule has 1 aromatic carbocycles. The van der Waals surface area contributed by atoms with Crippen LogP contribution < -0.4 is 4.90 Å². The van der Waals surface area contributed by atoms with Crippen LogP contribution in [0.5, 0.6) is 0 Å². The maximum Gasteiger partial charge on any atom is 0.437 e. The lowest BCUT2D eigenvalue weighted by atomic mass is 9.96. The Kier molecular flexibility index (Phi) is 8.55. The number of aromatic nitrogens is 4. The predicted molar refractivity (Wildman–Crippen MR) is 143 cm³/mol. The minimum absolute atomic E-state index is 0.0809. The number of hydrogen-bond donors (Lipinski definition) is 0. The fourth-order valence-corrected chi connectivity index (χ4v) is 5.33. The monoisotopic (exact) mass is 556 g/mol. The Balaban J connectivity index is 1.55. The maximum atomic E-state index is 13.8. The van der Waals surface area contributed by atoms with Crippen molar-refractivity contribution in [2.45, 2.75) is 65.2 Å². The highest BCUT2D eigenvalue weighted by molar-refractivity contribution is 6.35. The quantitative estimate of drug-likeness (QED) is 0.266. The first-order valence-electron chi connectivity index (χ1n) is 12.8. The molecule has 6 nitrogen and oxygen atoms in total. The summed E-state index contributed by atoms with van der Waals surface area (Å²) in [6.45, 7) is 12.1. The molecule has 3 aromatic rings. The molecule has 0 amide bonds. The van der Waals surface area contributed by atoms with Crippen LogP contribution in [0.2, 0.25) is 10.0 Å². The van der Waals surface area contributed by atoms with E-state index in [1.165, 1.54) is 23.7 Å². The number of benzene rings is 1. The predicted octanol–water partition coefficient (Wildman–Crippen LogP) is 7.10. The third-order valence-electron chi connectivity index (χ3n) is 7.07. The molecular formula is C26H33Cl2F3N6.